The Kier molecular flexibility index (Phi) is 3.22. The van der Waals surface area contributed by atoms with E-state index < -0.39 is 0 Å². The SMILES string of the molecule is CC(c1ccccc1)N1CC(Cl)=C(Cl)C1=O. The minimum absolute atomic E-state index is 0.0151. The summed E-state index contributed by atoms with van der Waals surface area (Å²) in [6, 6.07) is 9.79. The minimum atomic E-state index is -0.192. The molecule has 0 radical (unpaired) electrons. The maximum atomic E-state index is 11.8. The number of amides is 1. The van der Waals surface area contributed by atoms with Crippen molar-refractivity contribution < 1.29 is 4.79 Å². The maximum absolute atomic E-state index is 11.8. The number of hydrogen-bond donors (Lipinski definition) is 0. The lowest BCUT2D eigenvalue weighted by molar-refractivity contribution is -0.126. The van der Waals surface area contributed by atoms with Gasteiger partial charge in [0.1, 0.15) is 5.03 Å². The number of benzene rings is 1. The number of nitrogens with zero attached hydrogens (tertiary/aromatic N) is 1. The molecule has 0 spiro atoms. The molecule has 0 aromatic heterocycles. The van der Waals surface area contributed by atoms with Gasteiger partial charge in [-0.25, -0.2) is 0 Å². The lowest BCUT2D eigenvalue weighted by atomic mass is 10.1. The number of carbonyl (C=O) groups is 1. The van der Waals surface area contributed by atoms with Crippen molar-refractivity contribution in [2.45, 2.75) is 13.0 Å². The maximum Gasteiger partial charge on any atom is 0.267 e. The molecule has 1 aromatic rings. The molecule has 0 bridgehead atoms. The summed E-state index contributed by atoms with van der Waals surface area (Å²) in [5.74, 6) is -0.192. The molecule has 2 nitrogen and oxygen atoms in total. The number of halogens is 2. The van der Waals surface area contributed by atoms with Crippen molar-refractivity contribution in [2.75, 3.05) is 6.54 Å². The first kappa shape index (κ1) is 11.5. The van der Waals surface area contributed by atoms with Gasteiger partial charge in [-0.15, -0.1) is 0 Å². The average molecular weight is 256 g/mol. The summed E-state index contributed by atoms with van der Waals surface area (Å²) < 4.78 is 0. The van der Waals surface area contributed by atoms with Gasteiger partial charge >= 0.3 is 0 Å². The fraction of sp³-hybridized carbons (Fsp3) is 0.250. The van der Waals surface area contributed by atoms with Crippen LogP contribution in [0.15, 0.2) is 40.4 Å². The molecule has 1 atom stereocenters. The molecule has 1 heterocycles. The molecule has 2 rings (SSSR count). The predicted molar refractivity (Wildman–Crippen MR) is 65.3 cm³/mol. The van der Waals surface area contributed by atoms with E-state index in [-0.39, 0.29) is 17.0 Å². The van der Waals surface area contributed by atoms with Crippen LogP contribution in [0.2, 0.25) is 0 Å². The Morgan fingerprint density at radius 2 is 1.88 bits per heavy atom. The lowest BCUT2D eigenvalue weighted by Gasteiger charge is -2.24. The second kappa shape index (κ2) is 4.48. The fourth-order valence-electron chi connectivity index (χ4n) is 1.76. The van der Waals surface area contributed by atoms with Crippen LogP contribution in [0.3, 0.4) is 0 Å². The van der Waals surface area contributed by atoms with Gasteiger partial charge in [0.2, 0.25) is 0 Å². The van der Waals surface area contributed by atoms with Crippen LogP contribution in [0.4, 0.5) is 0 Å². The Bertz CT molecular complexity index is 442. The van der Waals surface area contributed by atoms with Crippen LogP contribution < -0.4 is 0 Å². The van der Waals surface area contributed by atoms with E-state index in [0.29, 0.717) is 11.6 Å². The number of rotatable bonds is 2. The normalized spacial score (nSPS) is 18.2. The summed E-state index contributed by atoms with van der Waals surface area (Å²) in [6.07, 6.45) is 0. The zero-order chi connectivity index (χ0) is 11.7. The molecule has 1 aliphatic heterocycles. The van der Waals surface area contributed by atoms with Crippen molar-refractivity contribution >= 4 is 29.1 Å². The molecule has 16 heavy (non-hydrogen) atoms. The topological polar surface area (TPSA) is 20.3 Å². The molecular formula is C12H11Cl2NO. The smallest absolute Gasteiger partial charge is 0.267 e. The van der Waals surface area contributed by atoms with Crippen molar-refractivity contribution in [3.8, 4) is 0 Å². The summed E-state index contributed by atoms with van der Waals surface area (Å²) >= 11 is 11.7. The van der Waals surface area contributed by atoms with Crippen LogP contribution in [0.1, 0.15) is 18.5 Å². The van der Waals surface area contributed by atoms with E-state index in [1.807, 2.05) is 37.3 Å². The Labute approximate surface area is 104 Å². The Morgan fingerprint density at radius 1 is 1.25 bits per heavy atom. The van der Waals surface area contributed by atoms with Crippen molar-refractivity contribution in [1.29, 1.82) is 0 Å². The largest absolute Gasteiger partial charge is 0.326 e. The van der Waals surface area contributed by atoms with Crippen LogP contribution >= 0.6 is 23.2 Å². The third-order valence-corrected chi connectivity index (χ3v) is 3.54. The van der Waals surface area contributed by atoms with Crippen molar-refractivity contribution in [3.63, 3.8) is 0 Å². The van der Waals surface area contributed by atoms with Gasteiger partial charge in [0.05, 0.1) is 17.6 Å². The van der Waals surface area contributed by atoms with Gasteiger partial charge in [-0.05, 0) is 12.5 Å². The van der Waals surface area contributed by atoms with Crippen LogP contribution in [0.25, 0.3) is 0 Å². The summed E-state index contributed by atoms with van der Waals surface area (Å²) in [7, 11) is 0. The fourth-order valence-corrected chi connectivity index (χ4v) is 2.14. The second-order valence-corrected chi connectivity index (χ2v) is 4.57. The molecule has 1 aliphatic rings. The van der Waals surface area contributed by atoms with E-state index in [9.17, 15) is 4.79 Å². The zero-order valence-electron chi connectivity index (χ0n) is 8.78. The van der Waals surface area contributed by atoms with Gasteiger partial charge in [0.25, 0.3) is 5.91 Å². The molecule has 0 aliphatic carbocycles. The van der Waals surface area contributed by atoms with E-state index >= 15 is 0 Å². The molecule has 4 heteroatoms. The van der Waals surface area contributed by atoms with E-state index in [0.717, 1.165) is 5.56 Å². The molecule has 84 valence electrons. The predicted octanol–water partition coefficient (Wildman–Crippen LogP) is 3.28. The molecule has 0 saturated carbocycles. The Balaban J connectivity index is 2.20. The Morgan fingerprint density at radius 3 is 2.38 bits per heavy atom. The van der Waals surface area contributed by atoms with Crippen LogP contribution in [0.5, 0.6) is 0 Å². The van der Waals surface area contributed by atoms with Gasteiger partial charge in [-0.3, -0.25) is 4.79 Å². The molecule has 1 unspecified atom stereocenters. The van der Waals surface area contributed by atoms with Gasteiger partial charge in [0.15, 0.2) is 0 Å². The van der Waals surface area contributed by atoms with Crippen molar-refractivity contribution in [1.82, 2.24) is 4.90 Å². The summed E-state index contributed by atoms with van der Waals surface area (Å²) in [6.45, 7) is 2.36. The monoisotopic (exact) mass is 255 g/mol. The number of hydrogen-bond acceptors (Lipinski definition) is 1. The highest BCUT2D eigenvalue weighted by Crippen LogP contribution is 2.31. The highest BCUT2D eigenvalue weighted by Gasteiger charge is 2.31. The van der Waals surface area contributed by atoms with E-state index in [4.69, 9.17) is 23.2 Å². The molecule has 0 N–H and O–H groups in total. The molecule has 1 aromatic carbocycles. The standard InChI is InChI=1S/C12H11Cl2NO/c1-8(9-5-3-2-4-6-9)15-7-10(13)11(14)12(15)16/h2-6,8H,7H2,1H3. The highest BCUT2D eigenvalue weighted by atomic mass is 35.5. The summed E-state index contributed by atoms with van der Waals surface area (Å²) in [5, 5.41) is 0.568. The molecule has 1 amide bonds. The lowest BCUT2D eigenvalue weighted by Crippen LogP contribution is -2.29. The third kappa shape index (κ3) is 1.95. The molecule has 0 fully saturated rings. The van der Waals surface area contributed by atoms with Crippen LogP contribution in [0, 0.1) is 0 Å². The summed E-state index contributed by atoms with van der Waals surface area (Å²) in [4.78, 5) is 13.4. The average Bonchev–Trinajstić information content (AvgIpc) is 2.57. The third-order valence-electron chi connectivity index (χ3n) is 2.75. The number of carbonyl (C=O) groups excluding carboxylic acids is 1. The van der Waals surface area contributed by atoms with Gasteiger partial charge < -0.3 is 4.90 Å². The van der Waals surface area contributed by atoms with Crippen molar-refractivity contribution in [3.05, 3.63) is 46.0 Å². The van der Waals surface area contributed by atoms with E-state index in [1.54, 1.807) is 4.90 Å². The highest BCUT2D eigenvalue weighted by molar-refractivity contribution is 6.49. The first-order chi connectivity index (χ1) is 7.61. The van der Waals surface area contributed by atoms with Crippen LogP contribution in [-0.4, -0.2) is 17.4 Å². The van der Waals surface area contributed by atoms with Crippen molar-refractivity contribution in [2.24, 2.45) is 0 Å². The van der Waals surface area contributed by atoms with E-state index in [1.165, 1.54) is 0 Å². The minimum Gasteiger partial charge on any atom is -0.326 e. The quantitative estimate of drug-likeness (QED) is 0.795. The van der Waals surface area contributed by atoms with Gasteiger partial charge in [-0.2, -0.15) is 0 Å². The van der Waals surface area contributed by atoms with Crippen LogP contribution in [-0.2, 0) is 4.79 Å². The second-order valence-electron chi connectivity index (χ2n) is 3.74. The zero-order valence-corrected chi connectivity index (χ0v) is 10.3. The van der Waals surface area contributed by atoms with Gasteiger partial charge in [0, 0.05) is 0 Å². The Hall–Kier alpha value is -0.990. The van der Waals surface area contributed by atoms with Gasteiger partial charge in [-0.1, -0.05) is 53.5 Å². The first-order valence-electron chi connectivity index (χ1n) is 5.01. The molecule has 0 saturated heterocycles. The first-order valence-corrected chi connectivity index (χ1v) is 5.77. The molecular weight excluding hydrogens is 245 g/mol. The summed E-state index contributed by atoms with van der Waals surface area (Å²) in [5.41, 5.74) is 1.08. The van der Waals surface area contributed by atoms with E-state index in [2.05, 4.69) is 0 Å².